The summed E-state index contributed by atoms with van der Waals surface area (Å²) >= 11 is 0. The van der Waals surface area contributed by atoms with E-state index in [1.807, 2.05) is 36.4 Å². The van der Waals surface area contributed by atoms with Crippen molar-refractivity contribution in [3.05, 3.63) is 66.2 Å². The minimum atomic E-state index is -0.645. The first-order chi connectivity index (χ1) is 13.5. The molecule has 0 saturated heterocycles. The molecule has 2 aromatic rings. The van der Waals surface area contributed by atoms with Gasteiger partial charge in [0.15, 0.2) is 0 Å². The van der Waals surface area contributed by atoms with Crippen LogP contribution in [0.25, 0.3) is 0 Å². The second-order valence-corrected chi connectivity index (χ2v) is 6.02. The standard InChI is InChI=1S/C21H24N2O5/c1-3-27-20(25)15-22(2)19(24)14-23(18-12-8-5-9-13-18)21(26)28-16-17-10-6-4-7-11-17/h4-13H,3,14-16H2,1-2H3. The number of esters is 1. The van der Waals surface area contributed by atoms with E-state index in [2.05, 4.69) is 0 Å². The van der Waals surface area contributed by atoms with Crippen LogP contribution in [0.3, 0.4) is 0 Å². The van der Waals surface area contributed by atoms with Gasteiger partial charge in [0.2, 0.25) is 5.91 Å². The van der Waals surface area contributed by atoms with Gasteiger partial charge in [0, 0.05) is 12.7 Å². The van der Waals surface area contributed by atoms with Gasteiger partial charge in [-0.25, -0.2) is 4.79 Å². The number of hydrogen-bond acceptors (Lipinski definition) is 5. The number of benzene rings is 2. The molecule has 2 aromatic carbocycles. The number of nitrogens with zero attached hydrogens (tertiary/aromatic N) is 2. The molecule has 0 aromatic heterocycles. The summed E-state index contributed by atoms with van der Waals surface area (Å²) in [6.07, 6.45) is -0.645. The second-order valence-electron chi connectivity index (χ2n) is 6.02. The zero-order chi connectivity index (χ0) is 20.4. The topological polar surface area (TPSA) is 76.2 Å². The summed E-state index contributed by atoms with van der Waals surface area (Å²) in [5.74, 6) is -0.912. The zero-order valence-electron chi connectivity index (χ0n) is 16.0. The van der Waals surface area contributed by atoms with Crippen molar-refractivity contribution in [2.45, 2.75) is 13.5 Å². The minimum absolute atomic E-state index is 0.0931. The molecule has 0 bridgehead atoms. The van der Waals surface area contributed by atoms with Crippen molar-refractivity contribution < 1.29 is 23.9 Å². The van der Waals surface area contributed by atoms with E-state index in [-0.39, 0.29) is 26.3 Å². The Morgan fingerprint density at radius 2 is 1.46 bits per heavy atom. The molecule has 0 fully saturated rings. The molecule has 0 heterocycles. The van der Waals surface area contributed by atoms with Gasteiger partial charge in [0.25, 0.3) is 0 Å². The van der Waals surface area contributed by atoms with E-state index in [1.54, 1.807) is 31.2 Å². The maximum absolute atomic E-state index is 12.6. The van der Waals surface area contributed by atoms with Crippen molar-refractivity contribution in [2.75, 3.05) is 31.6 Å². The first kappa shape index (κ1) is 21.0. The quantitative estimate of drug-likeness (QED) is 0.654. The number of likely N-dealkylation sites (N-methyl/N-ethyl adjacent to an activating group) is 1. The van der Waals surface area contributed by atoms with E-state index >= 15 is 0 Å². The zero-order valence-corrected chi connectivity index (χ0v) is 16.0. The highest BCUT2D eigenvalue weighted by Crippen LogP contribution is 2.15. The largest absolute Gasteiger partial charge is 0.465 e. The van der Waals surface area contributed by atoms with Crippen LogP contribution in [0.2, 0.25) is 0 Å². The van der Waals surface area contributed by atoms with Crippen LogP contribution in [0.4, 0.5) is 10.5 Å². The summed E-state index contributed by atoms with van der Waals surface area (Å²) in [6.45, 7) is 1.58. The number of rotatable bonds is 8. The lowest BCUT2D eigenvalue weighted by atomic mass is 10.2. The lowest BCUT2D eigenvalue weighted by molar-refractivity contribution is -0.147. The number of carbonyl (C=O) groups excluding carboxylic acids is 3. The predicted molar refractivity (Wildman–Crippen MR) is 105 cm³/mol. The molecule has 148 valence electrons. The second kappa shape index (κ2) is 10.7. The number of ether oxygens (including phenoxy) is 2. The highest BCUT2D eigenvalue weighted by molar-refractivity contribution is 5.95. The van der Waals surface area contributed by atoms with Crippen molar-refractivity contribution in [3.8, 4) is 0 Å². The Morgan fingerprint density at radius 3 is 2.07 bits per heavy atom. The van der Waals surface area contributed by atoms with Gasteiger partial charge in [0.1, 0.15) is 19.7 Å². The maximum atomic E-state index is 12.6. The smallest absolute Gasteiger partial charge is 0.415 e. The molecule has 7 heteroatoms. The SMILES string of the molecule is CCOC(=O)CN(C)C(=O)CN(C(=O)OCc1ccccc1)c1ccccc1. The van der Waals surface area contributed by atoms with Gasteiger partial charge < -0.3 is 14.4 Å². The fraction of sp³-hybridized carbons (Fsp3) is 0.286. The van der Waals surface area contributed by atoms with Gasteiger partial charge in [-0.15, -0.1) is 0 Å². The predicted octanol–water partition coefficient (Wildman–Crippen LogP) is 2.85. The average molecular weight is 384 g/mol. The molecular formula is C21H24N2O5. The molecule has 0 saturated carbocycles. The van der Waals surface area contributed by atoms with Crippen molar-refractivity contribution in [1.29, 1.82) is 0 Å². The van der Waals surface area contributed by atoms with Crippen LogP contribution in [0, 0.1) is 0 Å². The number of amides is 2. The van der Waals surface area contributed by atoms with E-state index in [4.69, 9.17) is 9.47 Å². The molecule has 0 N–H and O–H groups in total. The molecule has 0 spiro atoms. The van der Waals surface area contributed by atoms with E-state index in [0.717, 1.165) is 5.56 Å². The summed E-state index contributed by atoms with van der Waals surface area (Å²) in [7, 11) is 1.48. The molecule has 0 unspecified atom stereocenters. The van der Waals surface area contributed by atoms with Gasteiger partial charge in [0.05, 0.1) is 6.61 Å². The number of hydrogen-bond donors (Lipinski definition) is 0. The molecule has 7 nitrogen and oxygen atoms in total. The van der Waals surface area contributed by atoms with E-state index in [0.29, 0.717) is 5.69 Å². The lowest BCUT2D eigenvalue weighted by Gasteiger charge is -2.24. The summed E-state index contributed by atoms with van der Waals surface area (Å²) in [5, 5.41) is 0. The summed E-state index contributed by atoms with van der Waals surface area (Å²) < 4.78 is 10.2. The van der Waals surface area contributed by atoms with Gasteiger partial charge in [-0.1, -0.05) is 48.5 Å². The van der Waals surface area contributed by atoms with Crippen molar-refractivity contribution in [1.82, 2.24) is 4.90 Å². The Kier molecular flexibility index (Phi) is 8.02. The molecule has 0 atom stereocenters. The van der Waals surface area contributed by atoms with Crippen LogP contribution in [-0.4, -0.2) is 49.6 Å². The monoisotopic (exact) mass is 384 g/mol. The van der Waals surface area contributed by atoms with E-state index in [9.17, 15) is 14.4 Å². The van der Waals surface area contributed by atoms with Gasteiger partial charge >= 0.3 is 12.1 Å². The highest BCUT2D eigenvalue weighted by Gasteiger charge is 2.23. The first-order valence-corrected chi connectivity index (χ1v) is 8.94. The van der Waals surface area contributed by atoms with E-state index < -0.39 is 18.0 Å². The molecule has 0 aliphatic carbocycles. The van der Waals surface area contributed by atoms with E-state index in [1.165, 1.54) is 16.8 Å². The molecule has 0 aliphatic rings. The molecule has 0 aliphatic heterocycles. The Balaban J connectivity index is 2.06. The maximum Gasteiger partial charge on any atom is 0.415 e. The highest BCUT2D eigenvalue weighted by atomic mass is 16.6. The molecule has 0 radical (unpaired) electrons. The third-order valence-electron chi connectivity index (χ3n) is 3.88. The summed E-state index contributed by atoms with van der Waals surface area (Å²) in [4.78, 5) is 39.2. The Morgan fingerprint density at radius 1 is 0.857 bits per heavy atom. The fourth-order valence-corrected chi connectivity index (χ4v) is 2.41. The molecule has 2 amide bonds. The summed E-state index contributed by atoms with van der Waals surface area (Å²) in [6, 6.07) is 18.0. The number of carbonyl (C=O) groups is 3. The van der Waals surface area contributed by atoms with Crippen LogP contribution in [0.1, 0.15) is 12.5 Å². The van der Waals surface area contributed by atoms with Crippen molar-refractivity contribution >= 4 is 23.7 Å². The minimum Gasteiger partial charge on any atom is -0.465 e. The number of anilines is 1. The number of para-hydroxylation sites is 1. The molecule has 28 heavy (non-hydrogen) atoms. The van der Waals surface area contributed by atoms with Crippen molar-refractivity contribution in [3.63, 3.8) is 0 Å². The van der Waals surface area contributed by atoms with Gasteiger partial charge in [-0.2, -0.15) is 0 Å². The van der Waals surface area contributed by atoms with Crippen LogP contribution in [-0.2, 0) is 25.7 Å². The van der Waals surface area contributed by atoms with Gasteiger partial charge in [-0.05, 0) is 24.6 Å². The lowest BCUT2D eigenvalue weighted by Crippen LogP contribution is -2.43. The average Bonchev–Trinajstić information content (AvgIpc) is 2.71. The van der Waals surface area contributed by atoms with Crippen LogP contribution in [0.15, 0.2) is 60.7 Å². The summed E-state index contributed by atoms with van der Waals surface area (Å²) in [5.41, 5.74) is 1.37. The first-order valence-electron chi connectivity index (χ1n) is 8.94. The Hall–Kier alpha value is -3.35. The third kappa shape index (κ3) is 6.42. The molecular weight excluding hydrogens is 360 g/mol. The van der Waals surface area contributed by atoms with Crippen LogP contribution < -0.4 is 4.90 Å². The molecule has 2 rings (SSSR count). The Bertz CT molecular complexity index is 780. The van der Waals surface area contributed by atoms with Gasteiger partial charge in [-0.3, -0.25) is 14.5 Å². The third-order valence-corrected chi connectivity index (χ3v) is 3.88. The fourth-order valence-electron chi connectivity index (χ4n) is 2.41. The Labute approximate surface area is 164 Å². The van der Waals surface area contributed by atoms with Crippen LogP contribution >= 0.6 is 0 Å². The van der Waals surface area contributed by atoms with Crippen molar-refractivity contribution in [2.24, 2.45) is 0 Å². The van der Waals surface area contributed by atoms with Crippen LogP contribution in [0.5, 0.6) is 0 Å². The normalized spacial score (nSPS) is 10.1.